The first-order valence-corrected chi connectivity index (χ1v) is 7.55. The van der Waals surface area contributed by atoms with Crippen molar-refractivity contribution in [2.75, 3.05) is 31.9 Å². The molecule has 1 aromatic rings. The molecular formula is C13H18ClN3OS. The molecule has 6 heteroatoms. The van der Waals surface area contributed by atoms with E-state index < -0.39 is 0 Å². The highest BCUT2D eigenvalue weighted by Gasteiger charge is 2.23. The lowest BCUT2D eigenvalue weighted by molar-refractivity contribution is -0.130. The van der Waals surface area contributed by atoms with Gasteiger partial charge in [0, 0.05) is 36.8 Å². The number of halogens is 1. The highest BCUT2D eigenvalue weighted by molar-refractivity contribution is 8.00. The van der Waals surface area contributed by atoms with Gasteiger partial charge in [0.15, 0.2) is 0 Å². The number of nitrogens with two attached hydrogens (primary N) is 1. The lowest BCUT2D eigenvalue weighted by Gasteiger charge is -2.29. The highest BCUT2D eigenvalue weighted by Crippen LogP contribution is 2.32. The summed E-state index contributed by atoms with van der Waals surface area (Å²) in [6.07, 6.45) is 0. The summed E-state index contributed by atoms with van der Waals surface area (Å²) in [5, 5.41) is 3.70. The molecule has 1 unspecified atom stereocenters. The molecule has 2 rings (SSSR count). The third-order valence-corrected chi connectivity index (χ3v) is 4.63. The van der Waals surface area contributed by atoms with Crippen molar-refractivity contribution in [3.63, 3.8) is 0 Å². The minimum Gasteiger partial charge on any atom is -0.399 e. The van der Waals surface area contributed by atoms with Crippen LogP contribution in [-0.2, 0) is 4.79 Å². The van der Waals surface area contributed by atoms with E-state index in [4.69, 9.17) is 17.3 Å². The molecule has 1 aliphatic rings. The van der Waals surface area contributed by atoms with E-state index in [0.29, 0.717) is 10.7 Å². The Kier molecular flexibility index (Phi) is 4.96. The number of hydrogen-bond acceptors (Lipinski definition) is 4. The molecule has 0 radical (unpaired) electrons. The van der Waals surface area contributed by atoms with Crippen LogP contribution < -0.4 is 11.1 Å². The molecule has 0 spiro atoms. The van der Waals surface area contributed by atoms with Gasteiger partial charge in [-0.15, -0.1) is 11.8 Å². The summed E-state index contributed by atoms with van der Waals surface area (Å²) in [7, 11) is 0. The van der Waals surface area contributed by atoms with Gasteiger partial charge < -0.3 is 16.0 Å². The van der Waals surface area contributed by atoms with Crippen LogP contribution in [0.15, 0.2) is 23.1 Å². The van der Waals surface area contributed by atoms with Crippen molar-refractivity contribution in [3.05, 3.63) is 23.2 Å². The fourth-order valence-corrected chi connectivity index (χ4v) is 3.27. The molecule has 3 N–H and O–H groups in total. The summed E-state index contributed by atoms with van der Waals surface area (Å²) >= 11 is 7.61. The first-order chi connectivity index (χ1) is 9.08. The lowest BCUT2D eigenvalue weighted by Crippen LogP contribution is -2.48. The van der Waals surface area contributed by atoms with Crippen LogP contribution in [0.5, 0.6) is 0 Å². The molecule has 0 aliphatic carbocycles. The standard InChI is InChI=1S/C13H18ClN3OS/c1-9(13(18)17-6-4-16-5-7-17)19-12-3-2-10(15)8-11(12)14/h2-3,8-9,16H,4-7,15H2,1H3. The van der Waals surface area contributed by atoms with Gasteiger partial charge in [0.2, 0.25) is 5.91 Å². The quantitative estimate of drug-likeness (QED) is 0.660. The number of nitrogens with zero attached hydrogens (tertiary/aromatic N) is 1. The molecular weight excluding hydrogens is 282 g/mol. The molecule has 19 heavy (non-hydrogen) atoms. The molecule has 0 saturated carbocycles. The minimum atomic E-state index is -0.140. The fraction of sp³-hybridized carbons (Fsp3) is 0.462. The number of amides is 1. The van der Waals surface area contributed by atoms with Gasteiger partial charge in [-0.2, -0.15) is 0 Å². The molecule has 0 bridgehead atoms. The zero-order valence-corrected chi connectivity index (χ0v) is 12.4. The fourth-order valence-electron chi connectivity index (χ4n) is 2.00. The van der Waals surface area contributed by atoms with Gasteiger partial charge >= 0.3 is 0 Å². The number of nitrogens with one attached hydrogen (secondary N) is 1. The molecule has 1 aliphatic heterocycles. The summed E-state index contributed by atoms with van der Waals surface area (Å²) in [4.78, 5) is 15.1. The van der Waals surface area contributed by atoms with Crippen LogP contribution in [0.2, 0.25) is 5.02 Å². The van der Waals surface area contributed by atoms with Crippen LogP contribution in [0.4, 0.5) is 5.69 Å². The Balaban J connectivity index is 1.99. The average Bonchev–Trinajstić information content (AvgIpc) is 2.42. The van der Waals surface area contributed by atoms with E-state index in [-0.39, 0.29) is 11.2 Å². The molecule has 104 valence electrons. The normalized spacial score (nSPS) is 17.3. The number of carbonyl (C=O) groups excluding carboxylic acids is 1. The number of rotatable bonds is 3. The first kappa shape index (κ1) is 14.5. The molecule has 1 saturated heterocycles. The Bertz CT molecular complexity index is 463. The van der Waals surface area contributed by atoms with Crippen molar-refractivity contribution in [1.29, 1.82) is 0 Å². The SMILES string of the molecule is CC(Sc1ccc(N)cc1Cl)C(=O)N1CCNCC1. The largest absolute Gasteiger partial charge is 0.399 e. The Labute approximate surface area is 122 Å². The molecule has 4 nitrogen and oxygen atoms in total. The van der Waals surface area contributed by atoms with Crippen LogP contribution in [0, 0.1) is 0 Å². The maximum Gasteiger partial charge on any atom is 0.235 e. The summed E-state index contributed by atoms with van der Waals surface area (Å²) in [5.74, 6) is 0.166. The van der Waals surface area contributed by atoms with Crippen LogP contribution >= 0.6 is 23.4 Å². The Hall–Kier alpha value is -0.910. The van der Waals surface area contributed by atoms with Gasteiger partial charge in [-0.25, -0.2) is 0 Å². The number of piperazine rings is 1. The molecule has 1 heterocycles. The third-order valence-electron chi connectivity index (χ3n) is 3.04. The predicted molar refractivity (Wildman–Crippen MR) is 80.6 cm³/mol. The van der Waals surface area contributed by atoms with E-state index in [1.54, 1.807) is 12.1 Å². The zero-order chi connectivity index (χ0) is 13.8. The smallest absolute Gasteiger partial charge is 0.235 e. The topological polar surface area (TPSA) is 58.4 Å². The number of hydrogen-bond donors (Lipinski definition) is 2. The van der Waals surface area contributed by atoms with Crippen molar-refractivity contribution in [2.45, 2.75) is 17.1 Å². The second-order valence-corrected chi connectivity index (χ2v) is 6.32. The summed E-state index contributed by atoms with van der Waals surface area (Å²) in [6, 6.07) is 5.38. The molecule has 1 amide bonds. The molecule has 0 aromatic heterocycles. The lowest BCUT2D eigenvalue weighted by atomic mass is 10.3. The van der Waals surface area contributed by atoms with E-state index in [2.05, 4.69) is 5.32 Å². The van der Waals surface area contributed by atoms with Gasteiger partial charge in [0.25, 0.3) is 0 Å². The Morgan fingerprint density at radius 1 is 1.47 bits per heavy atom. The maximum atomic E-state index is 12.3. The second kappa shape index (κ2) is 6.50. The van der Waals surface area contributed by atoms with Crippen molar-refractivity contribution < 1.29 is 4.79 Å². The van der Waals surface area contributed by atoms with Gasteiger partial charge in [0.1, 0.15) is 0 Å². The number of thioether (sulfide) groups is 1. The van der Waals surface area contributed by atoms with Gasteiger partial charge in [-0.05, 0) is 25.1 Å². The van der Waals surface area contributed by atoms with E-state index in [0.717, 1.165) is 31.1 Å². The van der Waals surface area contributed by atoms with Crippen molar-refractivity contribution >= 4 is 35.0 Å². The summed E-state index contributed by atoms with van der Waals surface area (Å²) in [5.41, 5.74) is 6.29. The van der Waals surface area contributed by atoms with Gasteiger partial charge in [-0.3, -0.25) is 4.79 Å². The van der Waals surface area contributed by atoms with E-state index in [1.165, 1.54) is 11.8 Å². The average molecular weight is 300 g/mol. The van der Waals surface area contributed by atoms with E-state index in [9.17, 15) is 4.79 Å². The van der Waals surface area contributed by atoms with Gasteiger partial charge in [-0.1, -0.05) is 11.6 Å². The number of carbonyl (C=O) groups is 1. The zero-order valence-electron chi connectivity index (χ0n) is 10.9. The Morgan fingerprint density at radius 3 is 2.79 bits per heavy atom. The van der Waals surface area contributed by atoms with Crippen molar-refractivity contribution in [3.8, 4) is 0 Å². The third kappa shape index (κ3) is 3.78. The van der Waals surface area contributed by atoms with E-state index in [1.807, 2.05) is 17.9 Å². The van der Waals surface area contributed by atoms with Crippen LogP contribution in [-0.4, -0.2) is 42.2 Å². The number of anilines is 1. The molecule has 1 atom stereocenters. The summed E-state index contributed by atoms with van der Waals surface area (Å²) < 4.78 is 0. The maximum absolute atomic E-state index is 12.3. The van der Waals surface area contributed by atoms with Gasteiger partial charge in [0.05, 0.1) is 10.3 Å². The summed E-state index contributed by atoms with van der Waals surface area (Å²) in [6.45, 7) is 5.21. The monoisotopic (exact) mass is 299 g/mol. The van der Waals surface area contributed by atoms with Crippen LogP contribution in [0.1, 0.15) is 6.92 Å². The number of benzene rings is 1. The first-order valence-electron chi connectivity index (χ1n) is 6.29. The minimum absolute atomic E-state index is 0.140. The number of nitrogen functional groups attached to an aromatic ring is 1. The Morgan fingerprint density at radius 2 is 2.16 bits per heavy atom. The predicted octanol–water partition coefficient (Wildman–Crippen LogP) is 1.83. The van der Waals surface area contributed by atoms with Crippen molar-refractivity contribution in [2.24, 2.45) is 0 Å². The molecule has 1 aromatic carbocycles. The van der Waals surface area contributed by atoms with Crippen molar-refractivity contribution in [1.82, 2.24) is 10.2 Å². The van der Waals surface area contributed by atoms with E-state index >= 15 is 0 Å². The highest BCUT2D eigenvalue weighted by atomic mass is 35.5. The van der Waals surface area contributed by atoms with Crippen LogP contribution in [0.25, 0.3) is 0 Å². The van der Waals surface area contributed by atoms with Crippen LogP contribution in [0.3, 0.4) is 0 Å². The molecule has 1 fully saturated rings. The second-order valence-electron chi connectivity index (χ2n) is 4.53.